The standard InChI is InChI=1S/C5H6ClF3O2/c6-4(7)5(8,9)11-2-3-1-10-3/h3-4H,1-2H2/t3-,4-/m1/s1. The number of hydrogen-bond acceptors (Lipinski definition) is 2. The fraction of sp³-hybridized carbons (Fsp3) is 1.00. The fourth-order valence-corrected chi connectivity index (χ4v) is 0.494. The van der Waals surface area contributed by atoms with Crippen LogP contribution in [0.5, 0.6) is 0 Å². The van der Waals surface area contributed by atoms with Crippen molar-refractivity contribution in [2.75, 3.05) is 13.2 Å². The summed E-state index contributed by atoms with van der Waals surface area (Å²) in [6, 6.07) is 0. The molecule has 1 aliphatic heterocycles. The number of hydrogen-bond donors (Lipinski definition) is 0. The minimum absolute atomic E-state index is 0.319. The molecule has 1 aliphatic rings. The van der Waals surface area contributed by atoms with Crippen LogP contribution in [0.4, 0.5) is 13.2 Å². The zero-order valence-corrected chi connectivity index (χ0v) is 6.15. The van der Waals surface area contributed by atoms with Crippen molar-refractivity contribution in [2.24, 2.45) is 0 Å². The lowest BCUT2D eigenvalue weighted by molar-refractivity contribution is -0.257. The van der Waals surface area contributed by atoms with Gasteiger partial charge in [-0.25, -0.2) is 4.39 Å². The van der Waals surface area contributed by atoms with Gasteiger partial charge >= 0.3 is 6.11 Å². The maximum atomic E-state index is 12.1. The first-order valence-electron chi connectivity index (χ1n) is 2.94. The van der Waals surface area contributed by atoms with E-state index in [0.717, 1.165) is 0 Å². The smallest absolute Gasteiger partial charge is 0.371 e. The van der Waals surface area contributed by atoms with Gasteiger partial charge in [-0.3, -0.25) is 0 Å². The quantitative estimate of drug-likeness (QED) is 0.495. The van der Waals surface area contributed by atoms with Crippen molar-refractivity contribution >= 4 is 11.6 Å². The molecule has 0 spiro atoms. The van der Waals surface area contributed by atoms with E-state index in [-0.39, 0.29) is 12.7 Å². The molecule has 0 aromatic heterocycles. The summed E-state index contributed by atoms with van der Waals surface area (Å²) < 4.78 is 44.5. The molecule has 0 amide bonds. The Hall–Kier alpha value is -0.0000000000000000416. The maximum absolute atomic E-state index is 12.1. The largest absolute Gasteiger partial charge is 0.401 e. The fourth-order valence-electron chi connectivity index (χ4n) is 0.431. The Bertz CT molecular complexity index is 138. The second kappa shape index (κ2) is 3.16. The first kappa shape index (κ1) is 9.09. The summed E-state index contributed by atoms with van der Waals surface area (Å²) in [5.74, 6) is 0. The van der Waals surface area contributed by atoms with Crippen molar-refractivity contribution < 1.29 is 22.6 Å². The van der Waals surface area contributed by atoms with E-state index in [4.69, 9.17) is 0 Å². The molecule has 6 heteroatoms. The van der Waals surface area contributed by atoms with Gasteiger partial charge in [-0.2, -0.15) is 8.78 Å². The van der Waals surface area contributed by atoms with Gasteiger partial charge in [0.15, 0.2) is 0 Å². The van der Waals surface area contributed by atoms with Crippen LogP contribution in [0.2, 0.25) is 0 Å². The Balaban J connectivity index is 2.20. The number of rotatable bonds is 4. The molecule has 0 aromatic carbocycles. The van der Waals surface area contributed by atoms with Gasteiger partial charge in [0.1, 0.15) is 6.10 Å². The molecule has 1 fully saturated rings. The van der Waals surface area contributed by atoms with Crippen LogP contribution in [0.3, 0.4) is 0 Å². The van der Waals surface area contributed by atoms with Crippen molar-refractivity contribution in [1.29, 1.82) is 0 Å². The van der Waals surface area contributed by atoms with Crippen LogP contribution in [0.25, 0.3) is 0 Å². The molecule has 11 heavy (non-hydrogen) atoms. The first-order chi connectivity index (χ1) is 5.02. The van der Waals surface area contributed by atoms with E-state index in [1.807, 2.05) is 0 Å². The number of ether oxygens (including phenoxy) is 2. The van der Waals surface area contributed by atoms with Gasteiger partial charge < -0.3 is 9.47 Å². The highest BCUT2D eigenvalue weighted by Crippen LogP contribution is 2.27. The van der Waals surface area contributed by atoms with E-state index in [1.54, 1.807) is 0 Å². The van der Waals surface area contributed by atoms with Crippen molar-refractivity contribution in [3.05, 3.63) is 0 Å². The molecule has 0 radical (unpaired) electrons. The molecule has 1 heterocycles. The predicted octanol–water partition coefficient (Wildman–Crippen LogP) is 1.53. The molecule has 0 bridgehead atoms. The molecule has 0 aromatic rings. The lowest BCUT2D eigenvalue weighted by atomic mass is 10.5. The van der Waals surface area contributed by atoms with Gasteiger partial charge in [0.25, 0.3) is 5.63 Å². The lowest BCUT2D eigenvalue weighted by Crippen LogP contribution is -2.30. The second-order valence-corrected chi connectivity index (χ2v) is 2.51. The van der Waals surface area contributed by atoms with Crippen LogP contribution in [0.15, 0.2) is 0 Å². The van der Waals surface area contributed by atoms with Crippen LogP contribution in [-0.2, 0) is 9.47 Å². The van der Waals surface area contributed by atoms with Crippen LogP contribution in [-0.4, -0.2) is 31.1 Å². The van der Waals surface area contributed by atoms with Crippen LogP contribution in [0, 0.1) is 0 Å². The molecule has 0 N–H and O–H groups in total. The van der Waals surface area contributed by atoms with Crippen LogP contribution in [0.1, 0.15) is 0 Å². The maximum Gasteiger partial charge on any atom is 0.401 e. The third kappa shape index (κ3) is 2.84. The van der Waals surface area contributed by atoms with Crippen LogP contribution >= 0.6 is 11.6 Å². The molecule has 0 aliphatic carbocycles. The number of epoxide rings is 1. The summed E-state index contributed by atoms with van der Waals surface area (Å²) in [5.41, 5.74) is -2.80. The lowest BCUT2D eigenvalue weighted by Gasteiger charge is -2.15. The molecule has 0 unspecified atom stereocenters. The van der Waals surface area contributed by atoms with E-state index in [2.05, 4.69) is 21.1 Å². The van der Waals surface area contributed by atoms with Gasteiger partial charge in [-0.1, -0.05) is 11.6 Å². The molecule has 1 rings (SSSR count). The Kier molecular flexibility index (Phi) is 2.61. The van der Waals surface area contributed by atoms with Crippen molar-refractivity contribution in [3.8, 4) is 0 Å². The van der Waals surface area contributed by atoms with Crippen molar-refractivity contribution in [3.63, 3.8) is 0 Å². The minimum Gasteiger partial charge on any atom is -0.371 e. The van der Waals surface area contributed by atoms with Crippen molar-refractivity contribution in [1.82, 2.24) is 0 Å². The van der Waals surface area contributed by atoms with Gasteiger partial charge in [0, 0.05) is 0 Å². The van der Waals surface area contributed by atoms with Crippen molar-refractivity contribution in [2.45, 2.75) is 17.8 Å². The average Bonchev–Trinajstić information content (AvgIpc) is 2.65. The highest BCUT2D eigenvalue weighted by Gasteiger charge is 2.42. The first-order valence-corrected chi connectivity index (χ1v) is 3.37. The third-order valence-electron chi connectivity index (χ3n) is 1.12. The SMILES string of the molecule is F[C@@H](Cl)C(F)(F)OC[C@H]1CO1. The highest BCUT2D eigenvalue weighted by atomic mass is 35.5. The Morgan fingerprint density at radius 3 is 2.64 bits per heavy atom. The molecule has 66 valence electrons. The molecule has 0 saturated carbocycles. The Morgan fingerprint density at radius 2 is 2.27 bits per heavy atom. The molecule has 2 nitrogen and oxygen atoms in total. The normalized spacial score (nSPS) is 26.7. The molecule has 2 atom stereocenters. The zero-order valence-electron chi connectivity index (χ0n) is 5.40. The second-order valence-electron chi connectivity index (χ2n) is 2.13. The summed E-state index contributed by atoms with van der Waals surface area (Å²) in [6.45, 7) is 0.0649. The topological polar surface area (TPSA) is 21.8 Å². The van der Waals surface area contributed by atoms with Gasteiger partial charge in [-0.05, 0) is 0 Å². The zero-order chi connectivity index (χ0) is 8.48. The molecule has 1 saturated heterocycles. The summed E-state index contributed by atoms with van der Waals surface area (Å²) in [5, 5.41) is 0. The molecular weight excluding hydrogens is 184 g/mol. The predicted molar refractivity (Wildman–Crippen MR) is 31.4 cm³/mol. The summed E-state index contributed by atoms with van der Waals surface area (Å²) in [7, 11) is 0. The Morgan fingerprint density at radius 1 is 1.73 bits per heavy atom. The van der Waals surface area contributed by atoms with E-state index in [1.165, 1.54) is 0 Å². The van der Waals surface area contributed by atoms with E-state index in [0.29, 0.717) is 6.61 Å². The highest BCUT2D eigenvalue weighted by molar-refractivity contribution is 6.20. The van der Waals surface area contributed by atoms with Gasteiger partial charge in [-0.15, -0.1) is 0 Å². The average molecular weight is 191 g/mol. The Labute approximate surface area is 66.2 Å². The third-order valence-corrected chi connectivity index (χ3v) is 1.37. The minimum atomic E-state index is -3.91. The number of halogens is 4. The summed E-state index contributed by atoms with van der Waals surface area (Å²) in [6.07, 6.45) is -4.23. The van der Waals surface area contributed by atoms with Gasteiger partial charge in [0.05, 0.1) is 13.2 Å². The van der Waals surface area contributed by atoms with E-state index < -0.39 is 11.7 Å². The number of alkyl halides is 4. The molecular formula is C5H6ClF3O2. The summed E-state index contributed by atoms with van der Waals surface area (Å²) in [4.78, 5) is 0. The monoisotopic (exact) mass is 190 g/mol. The van der Waals surface area contributed by atoms with E-state index in [9.17, 15) is 13.2 Å². The van der Waals surface area contributed by atoms with Crippen LogP contribution < -0.4 is 0 Å². The van der Waals surface area contributed by atoms with E-state index >= 15 is 0 Å². The summed E-state index contributed by atoms with van der Waals surface area (Å²) >= 11 is 4.49. The van der Waals surface area contributed by atoms with Gasteiger partial charge in [0.2, 0.25) is 0 Å².